The first-order valence-corrected chi connectivity index (χ1v) is 9.91. The first kappa shape index (κ1) is 17.5. The number of anilines is 1. The number of benzene rings is 1. The van der Waals surface area contributed by atoms with Gasteiger partial charge in [-0.3, -0.25) is 14.9 Å². The Bertz CT molecular complexity index is 696. The van der Waals surface area contributed by atoms with Gasteiger partial charge in [-0.15, -0.1) is 0 Å². The Labute approximate surface area is 154 Å². The van der Waals surface area contributed by atoms with Crippen molar-refractivity contribution in [3.63, 3.8) is 0 Å². The van der Waals surface area contributed by atoms with Gasteiger partial charge in [-0.05, 0) is 62.6 Å². The van der Waals surface area contributed by atoms with Crippen molar-refractivity contribution in [2.75, 3.05) is 11.9 Å². The number of nitrogens with one attached hydrogen (secondary N) is 2. The third kappa shape index (κ3) is 3.02. The summed E-state index contributed by atoms with van der Waals surface area (Å²) in [6.07, 6.45) is 7.47. The van der Waals surface area contributed by atoms with E-state index >= 15 is 0 Å². The molecule has 2 saturated heterocycles. The third-order valence-corrected chi connectivity index (χ3v) is 6.64. The van der Waals surface area contributed by atoms with Crippen molar-refractivity contribution in [2.24, 2.45) is 0 Å². The minimum atomic E-state index is -0.582. The molecule has 0 bridgehead atoms. The zero-order valence-corrected chi connectivity index (χ0v) is 15.5. The van der Waals surface area contributed by atoms with Crippen LogP contribution in [-0.2, 0) is 19.7 Å². The number of carbonyl (C=O) groups excluding carboxylic acids is 2. The average Bonchev–Trinajstić information content (AvgIpc) is 2.62. The van der Waals surface area contributed by atoms with Crippen LogP contribution in [0.4, 0.5) is 5.69 Å². The maximum absolute atomic E-state index is 12.5. The molecule has 2 unspecified atom stereocenters. The van der Waals surface area contributed by atoms with Crippen molar-refractivity contribution in [2.45, 2.75) is 75.3 Å². The van der Waals surface area contributed by atoms with Crippen LogP contribution in [0.1, 0.15) is 63.9 Å². The highest BCUT2D eigenvalue weighted by molar-refractivity contribution is 6.03. The summed E-state index contributed by atoms with van der Waals surface area (Å²) < 4.78 is 6.00. The van der Waals surface area contributed by atoms with Crippen LogP contribution in [0.5, 0.6) is 0 Å². The van der Waals surface area contributed by atoms with Crippen LogP contribution in [0.2, 0.25) is 0 Å². The van der Waals surface area contributed by atoms with E-state index in [-0.39, 0.29) is 17.4 Å². The van der Waals surface area contributed by atoms with E-state index in [0.29, 0.717) is 25.3 Å². The van der Waals surface area contributed by atoms with Crippen molar-refractivity contribution in [3.05, 3.63) is 29.8 Å². The molecule has 5 heteroatoms. The molecule has 3 fully saturated rings. The average molecular weight is 356 g/mol. The van der Waals surface area contributed by atoms with Gasteiger partial charge in [-0.1, -0.05) is 19.1 Å². The summed E-state index contributed by atoms with van der Waals surface area (Å²) in [4.78, 5) is 24.0. The van der Waals surface area contributed by atoms with Crippen LogP contribution in [0, 0.1) is 0 Å². The van der Waals surface area contributed by atoms with E-state index in [1.807, 2.05) is 19.1 Å². The molecular formula is C21H28N2O3. The molecule has 2 atom stereocenters. The molecule has 4 rings (SSSR count). The van der Waals surface area contributed by atoms with E-state index in [9.17, 15) is 9.59 Å². The highest BCUT2D eigenvalue weighted by atomic mass is 16.5. The molecule has 140 valence electrons. The van der Waals surface area contributed by atoms with E-state index in [4.69, 9.17) is 4.74 Å². The maximum atomic E-state index is 12.5. The van der Waals surface area contributed by atoms with Gasteiger partial charge in [0, 0.05) is 24.8 Å². The summed E-state index contributed by atoms with van der Waals surface area (Å²) in [5, 5.41) is 6.16. The topological polar surface area (TPSA) is 67.4 Å². The molecule has 3 aliphatic rings. The number of hydrogen-bond acceptors (Lipinski definition) is 4. The van der Waals surface area contributed by atoms with Crippen LogP contribution in [0.15, 0.2) is 24.3 Å². The SMILES string of the molecule is CCC1(c2ccc(NC3CCOC4(CCC4)C3)cc2)CCC(=O)NC1=O. The van der Waals surface area contributed by atoms with E-state index in [2.05, 4.69) is 22.8 Å². The first-order valence-electron chi connectivity index (χ1n) is 9.91. The lowest BCUT2D eigenvalue weighted by atomic mass is 9.72. The van der Waals surface area contributed by atoms with E-state index in [1.54, 1.807) is 0 Å². The van der Waals surface area contributed by atoms with Gasteiger partial charge in [0.1, 0.15) is 0 Å². The zero-order chi connectivity index (χ0) is 18.2. The summed E-state index contributed by atoms with van der Waals surface area (Å²) in [6, 6.07) is 8.67. The number of rotatable bonds is 4. The molecule has 2 N–H and O–H groups in total. The third-order valence-electron chi connectivity index (χ3n) is 6.64. The maximum Gasteiger partial charge on any atom is 0.237 e. The van der Waals surface area contributed by atoms with Gasteiger partial charge in [0.25, 0.3) is 0 Å². The highest BCUT2D eigenvalue weighted by Crippen LogP contribution is 2.43. The fraction of sp³-hybridized carbons (Fsp3) is 0.619. The molecule has 2 amide bonds. The molecule has 2 heterocycles. The first-order chi connectivity index (χ1) is 12.6. The van der Waals surface area contributed by atoms with Gasteiger partial charge in [-0.25, -0.2) is 0 Å². The minimum absolute atomic E-state index is 0.134. The summed E-state index contributed by atoms with van der Waals surface area (Å²) in [6.45, 7) is 2.85. The molecule has 26 heavy (non-hydrogen) atoms. The Kier molecular flexibility index (Phi) is 4.51. The number of carbonyl (C=O) groups is 2. The van der Waals surface area contributed by atoms with Crippen LogP contribution in [0.3, 0.4) is 0 Å². The lowest BCUT2D eigenvalue weighted by Crippen LogP contribution is -2.51. The van der Waals surface area contributed by atoms with Crippen LogP contribution >= 0.6 is 0 Å². The van der Waals surface area contributed by atoms with Gasteiger partial charge in [-0.2, -0.15) is 0 Å². The van der Waals surface area contributed by atoms with Crippen molar-refractivity contribution in [3.8, 4) is 0 Å². The van der Waals surface area contributed by atoms with Gasteiger partial charge >= 0.3 is 0 Å². The van der Waals surface area contributed by atoms with E-state index in [1.165, 1.54) is 19.3 Å². The molecular weight excluding hydrogens is 328 g/mol. The Hall–Kier alpha value is -1.88. The minimum Gasteiger partial charge on any atom is -0.382 e. The van der Waals surface area contributed by atoms with Crippen LogP contribution in [0.25, 0.3) is 0 Å². The number of piperidine rings is 1. The Balaban J connectivity index is 1.46. The lowest BCUT2D eigenvalue weighted by molar-refractivity contribution is -0.138. The quantitative estimate of drug-likeness (QED) is 0.813. The fourth-order valence-electron chi connectivity index (χ4n) is 4.76. The second-order valence-electron chi connectivity index (χ2n) is 8.11. The van der Waals surface area contributed by atoms with Crippen LogP contribution in [-0.4, -0.2) is 30.1 Å². The van der Waals surface area contributed by atoms with Gasteiger partial charge < -0.3 is 10.1 Å². The Morgan fingerprint density at radius 2 is 1.96 bits per heavy atom. The smallest absolute Gasteiger partial charge is 0.237 e. The number of amides is 2. The second-order valence-corrected chi connectivity index (χ2v) is 8.11. The molecule has 1 aromatic rings. The molecule has 0 radical (unpaired) electrons. The predicted octanol–water partition coefficient (Wildman–Crippen LogP) is 3.28. The van der Waals surface area contributed by atoms with Gasteiger partial charge in [0.15, 0.2) is 0 Å². The lowest BCUT2D eigenvalue weighted by Gasteiger charge is -2.47. The molecule has 1 saturated carbocycles. The Morgan fingerprint density at radius 1 is 1.19 bits per heavy atom. The molecule has 5 nitrogen and oxygen atoms in total. The van der Waals surface area contributed by atoms with E-state index < -0.39 is 5.41 Å². The summed E-state index contributed by atoms with van der Waals surface area (Å²) in [7, 11) is 0. The van der Waals surface area contributed by atoms with Crippen molar-refractivity contribution < 1.29 is 14.3 Å². The zero-order valence-electron chi connectivity index (χ0n) is 15.5. The predicted molar refractivity (Wildman–Crippen MR) is 100.0 cm³/mol. The van der Waals surface area contributed by atoms with Crippen molar-refractivity contribution in [1.29, 1.82) is 0 Å². The highest BCUT2D eigenvalue weighted by Gasteiger charge is 2.43. The molecule has 1 aromatic carbocycles. The standard InChI is InChI=1S/C21H28N2O3/c1-2-21(12-8-18(24)23-19(21)25)15-4-6-16(7-5-15)22-17-9-13-26-20(14-17)10-3-11-20/h4-7,17,22H,2-3,8-14H2,1H3,(H,23,24,25). The van der Waals surface area contributed by atoms with Gasteiger partial charge in [0.2, 0.25) is 11.8 Å². The number of hydrogen-bond donors (Lipinski definition) is 2. The Morgan fingerprint density at radius 3 is 2.58 bits per heavy atom. The van der Waals surface area contributed by atoms with Gasteiger partial charge in [0.05, 0.1) is 11.0 Å². The molecule has 1 aliphatic carbocycles. The summed E-state index contributed by atoms with van der Waals surface area (Å²) >= 11 is 0. The molecule has 0 aromatic heterocycles. The molecule has 2 aliphatic heterocycles. The van der Waals surface area contributed by atoms with Crippen molar-refractivity contribution in [1.82, 2.24) is 5.32 Å². The second kappa shape index (κ2) is 6.69. The van der Waals surface area contributed by atoms with Crippen LogP contribution < -0.4 is 10.6 Å². The number of imide groups is 1. The summed E-state index contributed by atoms with van der Waals surface area (Å²) in [5.74, 6) is -0.324. The number of ether oxygens (including phenoxy) is 1. The molecule has 1 spiro atoms. The van der Waals surface area contributed by atoms with E-state index in [0.717, 1.165) is 30.7 Å². The fourth-order valence-corrected chi connectivity index (χ4v) is 4.76. The largest absolute Gasteiger partial charge is 0.382 e. The normalized spacial score (nSPS) is 30.6. The summed E-state index contributed by atoms with van der Waals surface area (Å²) in [5.41, 5.74) is 1.64. The monoisotopic (exact) mass is 356 g/mol. The van der Waals surface area contributed by atoms with Crippen molar-refractivity contribution >= 4 is 17.5 Å².